The topological polar surface area (TPSA) is 40.6 Å². The number of benzene rings is 2. The molecule has 1 fully saturated rings. The molecule has 1 heterocycles. The summed E-state index contributed by atoms with van der Waals surface area (Å²) in [4.78, 5) is 28.8. The van der Waals surface area contributed by atoms with Gasteiger partial charge in [0.2, 0.25) is 5.91 Å². The van der Waals surface area contributed by atoms with Crippen molar-refractivity contribution in [2.75, 3.05) is 20.1 Å². The molecule has 2 aromatic rings. The Labute approximate surface area is 153 Å². The van der Waals surface area contributed by atoms with E-state index in [-0.39, 0.29) is 23.5 Å². The lowest BCUT2D eigenvalue weighted by molar-refractivity contribution is -0.136. The van der Waals surface area contributed by atoms with E-state index in [4.69, 9.17) is 0 Å². The molecule has 1 atom stereocenters. The highest BCUT2D eigenvalue weighted by atomic mass is 19.1. The average Bonchev–Trinajstić information content (AvgIpc) is 2.68. The smallest absolute Gasteiger partial charge is 0.253 e. The Bertz CT molecular complexity index is 761. The van der Waals surface area contributed by atoms with Crippen LogP contribution in [-0.2, 0) is 11.3 Å². The van der Waals surface area contributed by atoms with Crippen molar-refractivity contribution < 1.29 is 14.0 Å². The van der Waals surface area contributed by atoms with Crippen molar-refractivity contribution in [2.24, 2.45) is 5.92 Å². The number of hydrogen-bond donors (Lipinski definition) is 0. The highest BCUT2D eigenvalue weighted by Gasteiger charge is 2.30. The van der Waals surface area contributed by atoms with Crippen LogP contribution in [-0.4, -0.2) is 41.8 Å². The standard InChI is InChI=1S/C21H23FN2O2/c1-23(14-16-6-3-2-4-7-16)20(25)18-8-5-13-24(15-18)21(26)17-9-11-19(22)12-10-17/h2-4,6-7,9-12,18H,5,8,13-15H2,1H3/t18-/m0/s1. The maximum Gasteiger partial charge on any atom is 0.253 e. The summed E-state index contributed by atoms with van der Waals surface area (Å²) in [6.07, 6.45) is 1.58. The van der Waals surface area contributed by atoms with Crippen molar-refractivity contribution in [3.8, 4) is 0 Å². The molecule has 26 heavy (non-hydrogen) atoms. The second kappa shape index (κ2) is 8.13. The molecule has 4 nitrogen and oxygen atoms in total. The van der Waals surface area contributed by atoms with Crippen molar-refractivity contribution >= 4 is 11.8 Å². The normalized spacial score (nSPS) is 17.0. The lowest BCUT2D eigenvalue weighted by Crippen LogP contribution is -2.45. The number of likely N-dealkylation sites (tertiary alicyclic amines) is 1. The molecule has 5 heteroatoms. The van der Waals surface area contributed by atoms with Crippen molar-refractivity contribution in [1.82, 2.24) is 9.80 Å². The van der Waals surface area contributed by atoms with Crippen LogP contribution in [0, 0.1) is 11.7 Å². The first-order valence-corrected chi connectivity index (χ1v) is 8.88. The number of nitrogens with zero attached hydrogens (tertiary/aromatic N) is 2. The monoisotopic (exact) mass is 354 g/mol. The Morgan fingerprint density at radius 2 is 1.81 bits per heavy atom. The van der Waals surface area contributed by atoms with Crippen LogP contribution in [0.1, 0.15) is 28.8 Å². The van der Waals surface area contributed by atoms with Crippen LogP contribution < -0.4 is 0 Å². The zero-order chi connectivity index (χ0) is 18.5. The highest BCUT2D eigenvalue weighted by molar-refractivity contribution is 5.94. The molecule has 0 saturated carbocycles. The predicted molar refractivity (Wildman–Crippen MR) is 97.9 cm³/mol. The lowest BCUT2D eigenvalue weighted by Gasteiger charge is -2.34. The first kappa shape index (κ1) is 18.1. The minimum absolute atomic E-state index is 0.0606. The molecule has 0 unspecified atom stereocenters. The minimum atomic E-state index is -0.365. The molecule has 2 aromatic carbocycles. The lowest BCUT2D eigenvalue weighted by atomic mass is 9.95. The van der Waals surface area contributed by atoms with Gasteiger partial charge in [-0.3, -0.25) is 9.59 Å². The molecule has 2 amide bonds. The van der Waals surface area contributed by atoms with Gasteiger partial charge in [-0.25, -0.2) is 4.39 Å². The maximum atomic E-state index is 13.1. The third-order valence-electron chi connectivity index (χ3n) is 4.79. The molecular formula is C21H23FN2O2. The number of amides is 2. The molecule has 1 saturated heterocycles. The van der Waals surface area contributed by atoms with E-state index >= 15 is 0 Å². The van der Waals surface area contributed by atoms with E-state index in [0.29, 0.717) is 25.2 Å². The van der Waals surface area contributed by atoms with Crippen LogP contribution in [0.3, 0.4) is 0 Å². The second-order valence-electron chi connectivity index (χ2n) is 6.78. The molecule has 0 aromatic heterocycles. The first-order chi connectivity index (χ1) is 12.5. The quantitative estimate of drug-likeness (QED) is 0.845. The van der Waals surface area contributed by atoms with Crippen LogP contribution in [0.25, 0.3) is 0 Å². The maximum absolute atomic E-state index is 13.1. The van der Waals surface area contributed by atoms with E-state index in [0.717, 1.165) is 18.4 Å². The SMILES string of the molecule is CN(Cc1ccccc1)C(=O)[C@H]1CCCN(C(=O)c2ccc(F)cc2)C1. The van der Waals surface area contributed by atoms with E-state index in [9.17, 15) is 14.0 Å². The molecule has 3 rings (SSSR count). The van der Waals surface area contributed by atoms with Gasteiger partial charge < -0.3 is 9.80 Å². The Hall–Kier alpha value is -2.69. The summed E-state index contributed by atoms with van der Waals surface area (Å²) < 4.78 is 13.1. The van der Waals surface area contributed by atoms with Gasteiger partial charge in [-0.2, -0.15) is 0 Å². The summed E-state index contributed by atoms with van der Waals surface area (Å²) in [5, 5.41) is 0. The third kappa shape index (κ3) is 4.28. The highest BCUT2D eigenvalue weighted by Crippen LogP contribution is 2.21. The fourth-order valence-electron chi connectivity index (χ4n) is 3.39. The number of hydrogen-bond acceptors (Lipinski definition) is 2. The van der Waals surface area contributed by atoms with Crippen LogP contribution >= 0.6 is 0 Å². The van der Waals surface area contributed by atoms with Gasteiger partial charge in [-0.1, -0.05) is 30.3 Å². The minimum Gasteiger partial charge on any atom is -0.341 e. The summed E-state index contributed by atoms with van der Waals surface area (Å²) in [6, 6.07) is 15.4. The van der Waals surface area contributed by atoms with E-state index in [1.54, 1.807) is 16.8 Å². The zero-order valence-corrected chi connectivity index (χ0v) is 14.9. The van der Waals surface area contributed by atoms with Gasteiger partial charge in [0.1, 0.15) is 5.82 Å². The summed E-state index contributed by atoms with van der Waals surface area (Å²) in [7, 11) is 1.80. The fraction of sp³-hybridized carbons (Fsp3) is 0.333. The molecule has 136 valence electrons. The van der Waals surface area contributed by atoms with Crippen LogP contribution in [0.4, 0.5) is 4.39 Å². The zero-order valence-electron chi connectivity index (χ0n) is 14.9. The van der Waals surface area contributed by atoms with Gasteiger partial charge in [0.05, 0.1) is 5.92 Å². The van der Waals surface area contributed by atoms with Crippen molar-refractivity contribution in [2.45, 2.75) is 19.4 Å². The molecule has 0 radical (unpaired) electrons. The number of carbonyl (C=O) groups excluding carboxylic acids is 2. The van der Waals surface area contributed by atoms with Crippen LogP contribution in [0.5, 0.6) is 0 Å². The van der Waals surface area contributed by atoms with E-state index in [2.05, 4.69) is 0 Å². The molecule has 0 aliphatic carbocycles. The van der Waals surface area contributed by atoms with Crippen molar-refractivity contribution in [3.05, 3.63) is 71.5 Å². The molecule has 0 N–H and O–H groups in total. The Morgan fingerprint density at radius 3 is 2.50 bits per heavy atom. The van der Waals surface area contributed by atoms with Gasteiger partial charge in [-0.05, 0) is 42.7 Å². The van der Waals surface area contributed by atoms with Crippen molar-refractivity contribution in [3.63, 3.8) is 0 Å². The molecule has 1 aliphatic rings. The Kier molecular flexibility index (Phi) is 5.66. The average molecular weight is 354 g/mol. The molecule has 0 bridgehead atoms. The van der Waals surface area contributed by atoms with Gasteiger partial charge >= 0.3 is 0 Å². The molecular weight excluding hydrogens is 331 g/mol. The van der Waals surface area contributed by atoms with Gasteiger partial charge in [0.15, 0.2) is 0 Å². The molecule has 1 aliphatic heterocycles. The van der Waals surface area contributed by atoms with Gasteiger partial charge in [-0.15, -0.1) is 0 Å². The van der Waals surface area contributed by atoms with Crippen LogP contribution in [0.15, 0.2) is 54.6 Å². The van der Waals surface area contributed by atoms with E-state index < -0.39 is 0 Å². The fourth-order valence-corrected chi connectivity index (χ4v) is 3.39. The van der Waals surface area contributed by atoms with Gasteiger partial charge in [0, 0.05) is 32.2 Å². The Balaban J connectivity index is 1.63. The first-order valence-electron chi connectivity index (χ1n) is 8.88. The number of rotatable bonds is 4. The van der Waals surface area contributed by atoms with Crippen molar-refractivity contribution in [1.29, 1.82) is 0 Å². The summed E-state index contributed by atoms with van der Waals surface area (Å²) in [5.41, 5.74) is 1.54. The molecule has 0 spiro atoms. The van der Waals surface area contributed by atoms with Crippen LogP contribution in [0.2, 0.25) is 0 Å². The van der Waals surface area contributed by atoms with E-state index in [1.165, 1.54) is 24.3 Å². The third-order valence-corrected chi connectivity index (χ3v) is 4.79. The number of carbonyl (C=O) groups is 2. The van der Waals surface area contributed by atoms with E-state index in [1.807, 2.05) is 30.3 Å². The predicted octanol–water partition coefficient (Wildman–Crippen LogP) is 3.34. The summed E-state index contributed by atoms with van der Waals surface area (Å²) in [6.45, 7) is 1.60. The Morgan fingerprint density at radius 1 is 1.12 bits per heavy atom. The second-order valence-corrected chi connectivity index (χ2v) is 6.78. The summed E-state index contributed by atoms with van der Waals surface area (Å²) in [5.74, 6) is -0.642. The number of halogens is 1. The number of piperidine rings is 1. The summed E-state index contributed by atoms with van der Waals surface area (Å²) >= 11 is 0. The largest absolute Gasteiger partial charge is 0.341 e. The van der Waals surface area contributed by atoms with Gasteiger partial charge in [0.25, 0.3) is 5.91 Å².